The quantitative estimate of drug-likeness (QED) is 0.550. The van der Waals surface area contributed by atoms with Crippen molar-refractivity contribution in [3.8, 4) is 0 Å². The average Bonchev–Trinajstić information content (AvgIpc) is 2.97. The van der Waals surface area contributed by atoms with E-state index in [1.807, 2.05) is 0 Å². The summed E-state index contributed by atoms with van der Waals surface area (Å²) in [5.41, 5.74) is 1.24. The molecule has 0 spiro atoms. The molecule has 1 aromatic carbocycles. The normalized spacial score (nSPS) is 10.6. The van der Waals surface area contributed by atoms with Crippen LogP contribution in [0.5, 0.6) is 0 Å². The number of H-pyrrole nitrogens is 1. The molecule has 0 bridgehead atoms. The van der Waals surface area contributed by atoms with Crippen LogP contribution in [-0.2, 0) is 14.3 Å². The first kappa shape index (κ1) is 20.2. The van der Waals surface area contributed by atoms with E-state index in [1.165, 1.54) is 6.92 Å². The van der Waals surface area contributed by atoms with Gasteiger partial charge in [0.2, 0.25) is 5.91 Å². The number of ether oxygens (including phenoxy) is 1. The van der Waals surface area contributed by atoms with Gasteiger partial charge in [-0.1, -0.05) is 0 Å². The lowest BCUT2D eigenvalue weighted by atomic mass is 10.2. The Labute approximate surface area is 169 Å². The number of benzene rings is 1. The van der Waals surface area contributed by atoms with Crippen LogP contribution in [-0.4, -0.2) is 34.4 Å². The van der Waals surface area contributed by atoms with Crippen molar-refractivity contribution in [1.82, 2.24) is 9.97 Å². The molecule has 0 saturated heterocycles. The van der Waals surface area contributed by atoms with E-state index < -0.39 is 18.5 Å². The molecule has 3 N–H and O–H groups in total. The molecule has 0 fully saturated rings. The molecule has 10 heteroatoms. The summed E-state index contributed by atoms with van der Waals surface area (Å²) in [6.45, 7) is 4.21. The fourth-order valence-corrected chi connectivity index (χ4v) is 3.80. The smallest absolute Gasteiger partial charge is 0.349 e. The predicted molar refractivity (Wildman–Crippen MR) is 109 cm³/mol. The maximum absolute atomic E-state index is 12.4. The molecule has 29 heavy (non-hydrogen) atoms. The van der Waals surface area contributed by atoms with Crippen LogP contribution in [0.3, 0.4) is 0 Å². The molecule has 2 heterocycles. The first-order valence-electron chi connectivity index (χ1n) is 8.59. The Balaban J connectivity index is 1.63. The number of esters is 1. The molecule has 0 aliphatic heterocycles. The summed E-state index contributed by atoms with van der Waals surface area (Å²) in [4.78, 5) is 55.0. The summed E-state index contributed by atoms with van der Waals surface area (Å²) in [6.07, 6.45) is 0. The molecule has 0 unspecified atom stereocenters. The number of aromatic amines is 1. The number of rotatable bonds is 5. The van der Waals surface area contributed by atoms with Crippen LogP contribution >= 0.6 is 11.3 Å². The molecule has 9 nitrogen and oxygen atoms in total. The summed E-state index contributed by atoms with van der Waals surface area (Å²) in [6, 6.07) is 6.50. The highest BCUT2D eigenvalue weighted by Gasteiger charge is 2.20. The summed E-state index contributed by atoms with van der Waals surface area (Å²) < 4.78 is 5.08. The van der Waals surface area contributed by atoms with Gasteiger partial charge in [-0.05, 0) is 43.7 Å². The van der Waals surface area contributed by atoms with Gasteiger partial charge in [0.05, 0.1) is 5.39 Å². The van der Waals surface area contributed by atoms with Crippen molar-refractivity contribution in [2.45, 2.75) is 20.8 Å². The van der Waals surface area contributed by atoms with E-state index in [9.17, 15) is 19.2 Å². The molecule has 3 aromatic rings. The maximum Gasteiger partial charge on any atom is 0.349 e. The minimum Gasteiger partial charge on any atom is -0.451 e. The summed E-state index contributed by atoms with van der Waals surface area (Å²) in [7, 11) is 0. The van der Waals surface area contributed by atoms with E-state index in [2.05, 4.69) is 20.6 Å². The van der Waals surface area contributed by atoms with Crippen LogP contribution in [0.1, 0.15) is 28.0 Å². The lowest BCUT2D eigenvalue weighted by Gasteiger charge is -2.07. The molecule has 3 rings (SSSR count). The monoisotopic (exact) mass is 414 g/mol. The standard InChI is InChI=1S/C19H18N4O5S/c1-9-15-17(26)20-10(2)21-18(15)29-16(9)19(27)28-8-14(25)23-13-6-4-12(5-7-13)22-11(3)24/h4-7H,8H2,1-3H3,(H,22,24)(H,23,25)(H,20,21,26). The molecule has 150 valence electrons. The Kier molecular flexibility index (Phi) is 5.74. The minimum atomic E-state index is -0.696. The Bertz CT molecular complexity index is 1160. The van der Waals surface area contributed by atoms with Gasteiger partial charge in [-0.2, -0.15) is 0 Å². The van der Waals surface area contributed by atoms with Gasteiger partial charge >= 0.3 is 5.97 Å². The van der Waals surface area contributed by atoms with Gasteiger partial charge in [0.1, 0.15) is 15.5 Å². The van der Waals surface area contributed by atoms with Crippen LogP contribution in [0.25, 0.3) is 10.2 Å². The number of hydrogen-bond acceptors (Lipinski definition) is 7. The third kappa shape index (κ3) is 4.66. The van der Waals surface area contributed by atoms with Crippen LogP contribution in [0, 0.1) is 13.8 Å². The van der Waals surface area contributed by atoms with Gasteiger partial charge in [-0.15, -0.1) is 11.3 Å². The van der Waals surface area contributed by atoms with Crippen LogP contribution in [0.15, 0.2) is 29.1 Å². The van der Waals surface area contributed by atoms with Gasteiger partial charge in [0, 0.05) is 18.3 Å². The number of fused-ring (bicyclic) bond motifs is 1. The van der Waals surface area contributed by atoms with Crippen LogP contribution < -0.4 is 16.2 Å². The van der Waals surface area contributed by atoms with Gasteiger partial charge < -0.3 is 20.4 Å². The lowest BCUT2D eigenvalue weighted by Crippen LogP contribution is -2.21. The molecular weight excluding hydrogens is 396 g/mol. The predicted octanol–water partition coefficient (Wildman–Crippen LogP) is 2.36. The van der Waals surface area contributed by atoms with Crippen molar-refractivity contribution < 1.29 is 19.1 Å². The summed E-state index contributed by atoms with van der Waals surface area (Å²) in [5.74, 6) is -0.958. The van der Waals surface area contributed by atoms with Gasteiger partial charge in [0.15, 0.2) is 6.61 Å². The van der Waals surface area contributed by atoms with Gasteiger partial charge in [-0.25, -0.2) is 9.78 Å². The number of aryl methyl sites for hydroxylation is 2. The molecule has 0 saturated carbocycles. The van der Waals surface area contributed by atoms with Crippen molar-refractivity contribution in [1.29, 1.82) is 0 Å². The zero-order valence-corrected chi connectivity index (χ0v) is 16.7. The van der Waals surface area contributed by atoms with Gasteiger partial charge in [-0.3, -0.25) is 14.4 Å². The number of anilines is 2. The van der Waals surface area contributed by atoms with Crippen molar-refractivity contribution in [2.75, 3.05) is 17.2 Å². The maximum atomic E-state index is 12.4. The number of aromatic nitrogens is 2. The van der Waals surface area contributed by atoms with Crippen molar-refractivity contribution in [3.05, 3.63) is 50.9 Å². The highest BCUT2D eigenvalue weighted by molar-refractivity contribution is 7.20. The first-order chi connectivity index (χ1) is 13.7. The number of amides is 2. The zero-order valence-electron chi connectivity index (χ0n) is 15.9. The molecule has 2 amide bonds. The number of nitrogens with zero attached hydrogens (tertiary/aromatic N) is 1. The summed E-state index contributed by atoms with van der Waals surface area (Å²) in [5, 5.41) is 5.56. The van der Waals surface area contributed by atoms with Crippen molar-refractivity contribution in [2.24, 2.45) is 0 Å². The topological polar surface area (TPSA) is 130 Å². The Morgan fingerprint density at radius 2 is 1.72 bits per heavy atom. The second-order valence-corrected chi connectivity index (χ2v) is 7.27. The number of hydrogen-bond donors (Lipinski definition) is 3. The highest BCUT2D eigenvalue weighted by Crippen LogP contribution is 2.27. The van der Waals surface area contributed by atoms with E-state index in [1.54, 1.807) is 38.1 Å². The number of nitrogens with one attached hydrogen (secondary N) is 3. The summed E-state index contributed by atoms with van der Waals surface area (Å²) >= 11 is 1.05. The third-order valence-corrected chi connectivity index (χ3v) is 5.09. The Morgan fingerprint density at radius 1 is 1.10 bits per heavy atom. The second kappa shape index (κ2) is 8.23. The lowest BCUT2D eigenvalue weighted by molar-refractivity contribution is -0.119. The second-order valence-electron chi connectivity index (χ2n) is 6.27. The Morgan fingerprint density at radius 3 is 2.34 bits per heavy atom. The van der Waals surface area contributed by atoms with E-state index in [0.717, 1.165) is 11.3 Å². The van der Waals surface area contributed by atoms with Crippen molar-refractivity contribution in [3.63, 3.8) is 0 Å². The molecule has 0 aliphatic carbocycles. The van der Waals surface area contributed by atoms with Gasteiger partial charge in [0.25, 0.3) is 11.5 Å². The molecule has 0 atom stereocenters. The van der Waals surface area contributed by atoms with E-state index >= 15 is 0 Å². The minimum absolute atomic E-state index is 0.197. The average molecular weight is 414 g/mol. The third-order valence-electron chi connectivity index (χ3n) is 3.93. The number of thiophene rings is 1. The fourth-order valence-electron chi connectivity index (χ4n) is 2.68. The van der Waals surface area contributed by atoms with Crippen molar-refractivity contribution >= 4 is 50.7 Å². The molecule has 2 aromatic heterocycles. The van der Waals surface area contributed by atoms with E-state index in [-0.39, 0.29) is 16.3 Å². The zero-order chi connectivity index (χ0) is 21.1. The van der Waals surface area contributed by atoms with Crippen LogP contribution in [0.2, 0.25) is 0 Å². The SMILES string of the molecule is CC(=O)Nc1ccc(NC(=O)COC(=O)c2sc3nc(C)[nH]c(=O)c3c2C)cc1. The van der Waals surface area contributed by atoms with E-state index in [4.69, 9.17) is 4.74 Å². The number of carbonyl (C=O) groups is 3. The molecular formula is C19H18N4O5S. The highest BCUT2D eigenvalue weighted by atomic mass is 32.1. The van der Waals surface area contributed by atoms with Crippen LogP contribution in [0.4, 0.5) is 11.4 Å². The molecule has 0 radical (unpaired) electrons. The first-order valence-corrected chi connectivity index (χ1v) is 9.41. The fraction of sp³-hybridized carbons (Fsp3) is 0.211. The number of carbonyl (C=O) groups excluding carboxylic acids is 3. The Hall–Kier alpha value is -3.53. The largest absolute Gasteiger partial charge is 0.451 e. The van der Waals surface area contributed by atoms with E-state index in [0.29, 0.717) is 33.0 Å². The molecule has 0 aliphatic rings.